The maximum atomic E-state index is 12.5. The zero-order valence-electron chi connectivity index (χ0n) is 15.0. The molecule has 9 heteroatoms. The molecule has 0 spiro atoms. The third kappa shape index (κ3) is 3.76. The summed E-state index contributed by atoms with van der Waals surface area (Å²) in [6, 6.07) is 16.6. The van der Waals surface area contributed by atoms with E-state index in [0.29, 0.717) is 16.3 Å². The molecule has 7 nitrogen and oxygen atoms in total. The van der Waals surface area contributed by atoms with Gasteiger partial charge in [-0.1, -0.05) is 35.9 Å². The molecule has 0 atom stereocenters. The number of hydrogen-bond acceptors (Lipinski definition) is 6. The molecule has 0 amide bonds. The summed E-state index contributed by atoms with van der Waals surface area (Å²) in [6.45, 7) is 0.102. The van der Waals surface area contributed by atoms with Gasteiger partial charge in [0, 0.05) is 5.56 Å². The standard InChI is InChI=1S/C20H15ClN2O5S/c21-15-7-2-3-8-16(15)23(11-13-28-20(24)17-9-5-12-27-17)19-14-6-1-4-10-18(14)29(25,26)22-19/h1-10,12H,11,13H2. The van der Waals surface area contributed by atoms with E-state index >= 15 is 0 Å². The predicted molar refractivity (Wildman–Crippen MR) is 108 cm³/mol. The van der Waals surface area contributed by atoms with Crippen LogP contribution in [-0.4, -0.2) is 33.4 Å². The van der Waals surface area contributed by atoms with Gasteiger partial charge in [-0.25, -0.2) is 4.79 Å². The minimum atomic E-state index is -3.82. The monoisotopic (exact) mass is 430 g/mol. The third-order valence-electron chi connectivity index (χ3n) is 4.28. The number of anilines is 1. The number of carbonyl (C=O) groups is 1. The number of furan rings is 1. The highest BCUT2D eigenvalue weighted by Gasteiger charge is 2.32. The molecule has 4 rings (SSSR count). The molecule has 0 radical (unpaired) electrons. The molecule has 0 aliphatic carbocycles. The predicted octanol–water partition coefficient (Wildman–Crippen LogP) is 3.75. The van der Waals surface area contributed by atoms with Gasteiger partial charge in [-0.05, 0) is 36.4 Å². The topological polar surface area (TPSA) is 89.2 Å². The number of carbonyl (C=O) groups excluding carboxylic acids is 1. The number of esters is 1. The zero-order valence-corrected chi connectivity index (χ0v) is 16.6. The van der Waals surface area contributed by atoms with Crippen LogP contribution in [0.3, 0.4) is 0 Å². The fraction of sp³-hybridized carbons (Fsp3) is 0.100. The van der Waals surface area contributed by atoms with Crippen LogP contribution in [0.25, 0.3) is 0 Å². The zero-order chi connectivity index (χ0) is 20.4. The van der Waals surface area contributed by atoms with E-state index in [-0.39, 0.29) is 29.6 Å². The van der Waals surface area contributed by atoms with Crippen LogP contribution in [0.4, 0.5) is 5.69 Å². The number of hydrogen-bond donors (Lipinski definition) is 0. The van der Waals surface area contributed by atoms with Gasteiger partial charge in [0.2, 0.25) is 5.76 Å². The van der Waals surface area contributed by atoms with Gasteiger partial charge in [-0.3, -0.25) is 0 Å². The minimum Gasteiger partial charge on any atom is -0.458 e. The Kier molecular flexibility index (Phi) is 5.12. The van der Waals surface area contributed by atoms with Crippen molar-refractivity contribution in [3.8, 4) is 0 Å². The number of rotatable bonds is 5. The molecular weight excluding hydrogens is 416 g/mol. The lowest BCUT2D eigenvalue weighted by molar-refractivity contribution is 0.0481. The van der Waals surface area contributed by atoms with Gasteiger partial charge in [0.1, 0.15) is 11.5 Å². The quantitative estimate of drug-likeness (QED) is 0.573. The lowest BCUT2D eigenvalue weighted by atomic mass is 10.1. The third-order valence-corrected chi connectivity index (χ3v) is 5.93. The highest BCUT2D eigenvalue weighted by molar-refractivity contribution is 7.90. The summed E-state index contributed by atoms with van der Waals surface area (Å²) in [4.78, 5) is 13.8. The number of para-hydroxylation sites is 1. The normalized spacial score (nSPS) is 14.2. The molecular formula is C20H15ClN2O5S. The van der Waals surface area contributed by atoms with Crippen LogP contribution >= 0.6 is 11.6 Å². The Morgan fingerprint density at radius 3 is 2.59 bits per heavy atom. The van der Waals surface area contributed by atoms with Crippen LogP contribution in [0, 0.1) is 0 Å². The summed E-state index contributed by atoms with van der Waals surface area (Å²) in [5.41, 5.74) is 1.01. The lowest BCUT2D eigenvalue weighted by Gasteiger charge is -2.25. The Balaban J connectivity index is 1.66. The Hall–Kier alpha value is -3.10. The van der Waals surface area contributed by atoms with E-state index in [1.807, 2.05) is 0 Å². The molecule has 0 saturated carbocycles. The van der Waals surface area contributed by atoms with E-state index in [2.05, 4.69) is 4.40 Å². The second-order valence-corrected chi connectivity index (χ2v) is 8.08. The minimum absolute atomic E-state index is 0.0357. The second kappa shape index (κ2) is 7.73. The van der Waals surface area contributed by atoms with E-state index in [9.17, 15) is 13.2 Å². The van der Waals surface area contributed by atoms with E-state index in [4.69, 9.17) is 20.8 Å². The van der Waals surface area contributed by atoms with Gasteiger partial charge >= 0.3 is 5.97 Å². The molecule has 0 saturated heterocycles. The van der Waals surface area contributed by atoms with Crippen LogP contribution in [0.5, 0.6) is 0 Å². The average Bonchev–Trinajstić information content (AvgIpc) is 3.33. The van der Waals surface area contributed by atoms with Crippen LogP contribution < -0.4 is 4.90 Å². The van der Waals surface area contributed by atoms with E-state index in [0.717, 1.165) is 0 Å². The van der Waals surface area contributed by atoms with Gasteiger partial charge in [-0.15, -0.1) is 4.40 Å². The molecule has 0 bridgehead atoms. The molecule has 0 fully saturated rings. The van der Waals surface area contributed by atoms with Crippen LogP contribution in [-0.2, 0) is 14.8 Å². The summed E-state index contributed by atoms with van der Waals surface area (Å²) in [5, 5.41) is 0.411. The van der Waals surface area contributed by atoms with Gasteiger partial charge in [-0.2, -0.15) is 8.42 Å². The number of ether oxygens (including phenoxy) is 1. The summed E-state index contributed by atoms with van der Waals surface area (Å²) in [6.07, 6.45) is 1.38. The van der Waals surface area contributed by atoms with E-state index in [1.54, 1.807) is 53.4 Å². The van der Waals surface area contributed by atoms with Gasteiger partial charge in [0.25, 0.3) is 10.0 Å². The fourth-order valence-corrected chi connectivity index (χ4v) is 4.44. The Morgan fingerprint density at radius 1 is 1.07 bits per heavy atom. The second-order valence-electron chi connectivity index (χ2n) is 6.10. The van der Waals surface area contributed by atoms with Crippen molar-refractivity contribution in [2.24, 2.45) is 4.40 Å². The number of amidine groups is 1. The number of sulfonamides is 1. The smallest absolute Gasteiger partial charge is 0.374 e. The largest absolute Gasteiger partial charge is 0.458 e. The molecule has 29 heavy (non-hydrogen) atoms. The highest BCUT2D eigenvalue weighted by atomic mass is 35.5. The van der Waals surface area contributed by atoms with E-state index < -0.39 is 16.0 Å². The molecule has 1 aliphatic heterocycles. The first kappa shape index (κ1) is 19.2. The average molecular weight is 431 g/mol. The van der Waals surface area contributed by atoms with Crippen LogP contribution in [0.1, 0.15) is 16.1 Å². The highest BCUT2D eigenvalue weighted by Crippen LogP contribution is 2.32. The maximum absolute atomic E-state index is 12.5. The van der Waals surface area contributed by atoms with Crippen LogP contribution in [0.2, 0.25) is 5.02 Å². The van der Waals surface area contributed by atoms with Crippen LogP contribution in [0.15, 0.2) is 80.6 Å². The van der Waals surface area contributed by atoms with E-state index in [1.165, 1.54) is 18.4 Å². The first-order chi connectivity index (χ1) is 14.0. The molecule has 2 heterocycles. The van der Waals surface area contributed by atoms with Gasteiger partial charge in [0.05, 0.1) is 23.5 Å². The summed E-state index contributed by atoms with van der Waals surface area (Å²) in [7, 11) is -3.82. The van der Waals surface area contributed by atoms with Crippen molar-refractivity contribution in [1.29, 1.82) is 0 Å². The molecule has 2 aromatic carbocycles. The molecule has 1 aromatic heterocycles. The Labute approximate surface area is 172 Å². The fourth-order valence-electron chi connectivity index (χ4n) is 2.99. The van der Waals surface area contributed by atoms with Crippen molar-refractivity contribution in [3.63, 3.8) is 0 Å². The summed E-state index contributed by atoms with van der Waals surface area (Å²) >= 11 is 6.35. The first-order valence-electron chi connectivity index (χ1n) is 8.64. The van der Waals surface area contributed by atoms with Crippen molar-refractivity contribution < 1.29 is 22.4 Å². The Bertz CT molecular complexity index is 1190. The molecule has 148 valence electrons. The molecule has 1 aliphatic rings. The molecule has 3 aromatic rings. The van der Waals surface area contributed by atoms with Crippen molar-refractivity contribution in [2.75, 3.05) is 18.1 Å². The van der Waals surface area contributed by atoms with Crippen molar-refractivity contribution >= 4 is 39.1 Å². The molecule has 0 unspecified atom stereocenters. The number of benzene rings is 2. The van der Waals surface area contributed by atoms with Crippen molar-refractivity contribution in [2.45, 2.75) is 4.90 Å². The first-order valence-corrected chi connectivity index (χ1v) is 10.5. The van der Waals surface area contributed by atoms with Gasteiger partial charge in [0.15, 0.2) is 5.84 Å². The SMILES string of the molecule is O=C(OCCN(C1=NS(=O)(=O)c2ccccc21)c1ccccc1Cl)c1ccco1. The van der Waals surface area contributed by atoms with Gasteiger partial charge < -0.3 is 14.1 Å². The number of nitrogens with zero attached hydrogens (tertiary/aromatic N) is 2. The summed E-state index contributed by atoms with van der Waals surface area (Å²) in [5.74, 6) is -0.307. The maximum Gasteiger partial charge on any atom is 0.374 e. The van der Waals surface area contributed by atoms with Crippen molar-refractivity contribution in [3.05, 3.63) is 83.3 Å². The Morgan fingerprint density at radius 2 is 1.83 bits per heavy atom. The number of halogens is 1. The molecule has 0 N–H and O–H groups in total. The summed E-state index contributed by atoms with van der Waals surface area (Å²) < 4.78 is 39.2. The lowest BCUT2D eigenvalue weighted by Crippen LogP contribution is -2.34. The van der Waals surface area contributed by atoms with Crippen molar-refractivity contribution in [1.82, 2.24) is 0 Å². The number of fused-ring (bicyclic) bond motifs is 1.